The van der Waals surface area contributed by atoms with Gasteiger partial charge in [-0.1, -0.05) is 0 Å². The third-order valence-corrected chi connectivity index (χ3v) is 3.96. The van der Waals surface area contributed by atoms with Gasteiger partial charge in [-0.3, -0.25) is 4.98 Å². The van der Waals surface area contributed by atoms with Gasteiger partial charge in [0.2, 0.25) is 0 Å². The van der Waals surface area contributed by atoms with Crippen molar-refractivity contribution in [3.05, 3.63) is 44.6 Å². The summed E-state index contributed by atoms with van der Waals surface area (Å²) in [5, 5.41) is 2.10. The highest BCUT2D eigenvalue weighted by Gasteiger charge is 2.35. The minimum absolute atomic E-state index is 0.401. The van der Waals surface area contributed by atoms with Crippen LogP contribution in [0.5, 0.6) is 0 Å². The second-order valence-corrected chi connectivity index (χ2v) is 5.67. The van der Waals surface area contributed by atoms with Gasteiger partial charge in [0, 0.05) is 21.7 Å². The molecule has 19 heavy (non-hydrogen) atoms. The molecule has 1 atom stereocenters. The first-order valence-corrected chi connectivity index (χ1v) is 6.84. The minimum Gasteiger partial charge on any atom is -0.307 e. The lowest BCUT2D eigenvalue weighted by molar-refractivity contribution is -0.137. The van der Waals surface area contributed by atoms with E-state index in [0.29, 0.717) is 21.9 Å². The van der Waals surface area contributed by atoms with E-state index in [1.165, 1.54) is 6.20 Å². The molecule has 0 bridgehead atoms. The Kier molecular flexibility index (Phi) is 4.22. The molecule has 2 aromatic rings. The van der Waals surface area contributed by atoms with Crippen LogP contribution in [0.4, 0.5) is 13.2 Å². The Morgan fingerprint density at radius 1 is 1.26 bits per heavy atom. The van der Waals surface area contributed by atoms with E-state index in [0.717, 1.165) is 4.47 Å². The Labute approximate surface area is 120 Å². The Hall–Kier alpha value is -0.990. The van der Waals surface area contributed by atoms with Gasteiger partial charge in [-0.2, -0.15) is 13.2 Å². The quantitative estimate of drug-likeness (QED) is 0.917. The first kappa shape index (κ1) is 14.4. The molecule has 0 saturated heterocycles. The molecular formula is C11H9BrF3N3S. The van der Waals surface area contributed by atoms with Crippen molar-refractivity contribution < 1.29 is 13.2 Å². The Balaban J connectivity index is 2.32. The predicted molar refractivity (Wildman–Crippen MR) is 70.0 cm³/mol. The molecule has 2 heterocycles. The van der Waals surface area contributed by atoms with Gasteiger partial charge in [0.15, 0.2) is 5.01 Å². The molecule has 0 fully saturated rings. The highest BCUT2D eigenvalue weighted by Crippen LogP contribution is 2.35. The average Bonchev–Trinajstić information content (AvgIpc) is 2.82. The molecular weight excluding hydrogens is 343 g/mol. The Morgan fingerprint density at radius 2 is 2.00 bits per heavy atom. The topological polar surface area (TPSA) is 37.8 Å². The molecule has 0 radical (unpaired) electrons. The zero-order valence-corrected chi connectivity index (χ0v) is 12.1. The molecule has 1 unspecified atom stereocenters. The summed E-state index contributed by atoms with van der Waals surface area (Å²) < 4.78 is 38.4. The minimum atomic E-state index is -4.41. The molecule has 0 aliphatic carbocycles. The molecule has 3 nitrogen and oxygen atoms in total. The van der Waals surface area contributed by atoms with E-state index in [9.17, 15) is 13.2 Å². The molecule has 2 rings (SSSR count). The van der Waals surface area contributed by atoms with Crippen LogP contribution in [-0.2, 0) is 6.18 Å². The maximum atomic E-state index is 12.5. The molecule has 2 aromatic heterocycles. The van der Waals surface area contributed by atoms with E-state index in [1.807, 2.05) is 0 Å². The van der Waals surface area contributed by atoms with Crippen molar-refractivity contribution in [2.45, 2.75) is 12.2 Å². The summed E-state index contributed by atoms with van der Waals surface area (Å²) in [4.78, 5) is 8.08. The van der Waals surface area contributed by atoms with Gasteiger partial charge in [-0.25, -0.2) is 4.98 Å². The van der Waals surface area contributed by atoms with E-state index in [-0.39, 0.29) is 0 Å². The van der Waals surface area contributed by atoms with E-state index in [2.05, 4.69) is 31.2 Å². The van der Waals surface area contributed by atoms with Crippen LogP contribution in [-0.4, -0.2) is 17.0 Å². The highest BCUT2D eigenvalue weighted by atomic mass is 79.9. The summed E-state index contributed by atoms with van der Waals surface area (Å²) in [7, 11) is 1.67. The second kappa shape index (κ2) is 5.56. The molecule has 0 amide bonds. The average molecular weight is 352 g/mol. The van der Waals surface area contributed by atoms with Crippen molar-refractivity contribution in [2.24, 2.45) is 0 Å². The second-order valence-electron chi connectivity index (χ2n) is 3.69. The number of thiazole rings is 1. The van der Waals surface area contributed by atoms with Gasteiger partial charge in [-0.15, -0.1) is 11.3 Å². The maximum absolute atomic E-state index is 12.5. The fraction of sp³-hybridized carbons (Fsp3) is 0.273. The van der Waals surface area contributed by atoms with Gasteiger partial charge in [0.25, 0.3) is 0 Å². The van der Waals surface area contributed by atoms with E-state index < -0.39 is 17.2 Å². The smallest absolute Gasteiger partial charge is 0.307 e. The zero-order chi connectivity index (χ0) is 14.0. The van der Waals surface area contributed by atoms with Crippen LogP contribution < -0.4 is 5.32 Å². The SMILES string of the molecule is CNC(c1ccc(Br)cn1)c1cnc(C(F)(F)F)s1. The molecule has 0 aliphatic heterocycles. The van der Waals surface area contributed by atoms with Crippen LogP contribution in [0.15, 0.2) is 29.0 Å². The van der Waals surface area contributed by atoms with Crippen molar-refractivity contribution in [1.29, 1.82) is 0 Å². The number of hydrogen-bond donors (Lipinski definition) is 1. The predicted octanol–water partition coefficient (Wildman–Crippen LogP) is 3.63. The van der Waals surface area contributed by atoms with Crippen molar-refractivity contribution >= 4 is 27.3 Å². The molecule has 8 heteroatoms. The van der Waals surface area contributed by atoms with Gasteiger partial charge in [-0.05, 0) is 35.1 Å². The van der Waals surface area contributed by atoms with Crippen molar-refractivity contribution in [1.82, 2.24) is 15.3 Å². The van der Waals surface area contributed by atoms with Gasteiger partial charge >= 0.3 is 6.18 Å². The fourth-order valence-electron chi connectivity index (χ4n) is 1.55. The summed E-state index contributed by atoms with van der Waals surface area (Å²) in [5.41, 5.74) is 0.642. The van der Waals surface area contributed by atoms with Crippen molar-refractivity contribution in [3.8, 4) is 0 Å². The molecule has 0 aliphatic rings. The highest BCUT2D eigenvalue weighted by molar-refractivity contribution is 9.10. The molecule has 0 aromatic carbocycles. The summed E-state index contributed by atoms with van der Waals surface area (Å²) in [5.74, 6) is 0. The monoisotopic (exact) mass is 351 g/mol. The number of nitrogens with one attached hydrogen (secondary N) is 1. The maximum Gasteiger partial charge on any atom is 0.443 e. The summed E-state index contributed by atoms with van der Waals surface area (Å²) in [6.45, 7) is 0. The fourth-order valence-corrected chi connectivity index (χ4v) is 2.69. The summed E-state index contributed by atoms with van der Waals surface area (Å²) in [6, 6.07) is 3.14. The van der Waals surface area contributed by atoms with E-state index >= 15 is 0 Å². The third kappa shape index (κ3) is 3.31. The van der Waals surface area contributed by atoms with E-state index in [4.69, 9.17) is 0 Å². The number of halogens is 4. The van der Waals surface area contributed by atoms with Crippen LogP contribution in [0.2, 0.25) is 0 Å². The first-order chi connectivity index (χ1) is 8.91. The van der Waals surface area contributed by atoms with Crippen LogP contribution in [0.3, 0.4) is 0 Å². The van der Waals surface area contributed by atoms with E-state index in [1.54, 1.807) is 25.4 Å². The number of nitrogens with zero attached hydrogens (tertiary/aromatic N) is 2. The van der Waals surface area contributed by atoms with Gasteiger partial charge in [0.05, 0.1) is 11.7 Å². The van der Waals surface area contributed by atoms with Gasteiger partial charge in [0.1, 0.15) is 0 Å². The first-order valence-electron chi connectivity index (χ1n) is 5.23. The van der Waals surface area contributed by atoms with Gasteiger partial charge < -0.3 is 5.32 Å². The lowest BCUT2D eigenvalue weighted by Gasteiger charge is -2.13. The summed E-state index contributed by atoms with van der Waals surface area (Å²) >= 11 is 3.88. The Morgan fingerprint density at radius 3 is 2.47 bits per heavy atom. The standard InChI is InChI=1S/C11H9BrF3N3S/c1-16-9(7-3-2-6(12)4-17-7)8-5-18-10(19-8)11(13,14)15/h2-5,9,16H,1H3. The number of pyridine rings is 1. The zero-order valence-electron chi connectivity index (χ0n) is 9.70. The van der Waals surface area contributed by atoms with Crippen molar-refractivity contribution in [2.75, 3.05) is 7.05 Å². The van der Waals surface area contributed by atoms with Crippen LogP contribution in [0.1, 0.15) is 21.6 Å². The van der Waals surface area contributed by atoms with Crippen LogP contribution in [0, 0.1) is 0 Å². The van der Waals surface area contributed by atoms with Crippen molar-refractivity contribution in [3.63, 3.8) is 0 Å². The number of hydrogen-bond acceptors (Lipinski definition) is 4. The normalized spacial score (nSPS) is 13.5. The lowest BCUT2D eigenvalue weighted by atomic mass is 10.1. The Bertz CT molecular complexity index is 553. The van der Waals surface area contributed by atoms with Crippen LogP contribution >= 0.6 is 27.3 Å². The molecule has 102 valence electrons. The lowest BCUT2D eigenvalue weighted by Crippen LogP contribution is -2.17. The molecule has 0 spiro atoms. The number of aromatic nitrogens is 2. The number of alkyl halides is 3. The molecule has 1 N–H and O–H groups in total. The third-order valence-electron chi connectivity index (χ3n) is 2.39. The summed E-state index contributed by atoms with van der Waals surface area (Å²) in [6.07, 6.45) is -1.57. The van der Waals surface area contributed by atoms with Crippen LogP contribution in [0.25, 0.3) is 0 Å². The molecule has 0 saturated carbocycles. The number of rotatable bonds is 3. The largest absolute Gasteiger partial charge is 0.443 e.